The Hall–Kier alpha value is -2.27. The highest BCUT2D eigenvalue weighted by molar-refractivity contribution is 5.93. The molecule has 0 bridgehead atoms. The highest BCUT2D eigenvalue weighted by atomic mass is 16.6. The number of nitrogens with two attached hydrogens (primary N) is 1. The zero-order valence-corrected chi connectivity index (χ0v) is 15.6. The second-order valence-electron chi connectivity index (χ2n) is 7.13. The topological polar surface area (TPSA) is 80.1 Å². The van der Waals surface area contributed by atoms with Gasteiger partial charge in [0.1, 0.15) is 5.60 Å². The molecule has 0 fully saturated rings. The summed E-state index contributed by atoms with van der Waals surface area (Å²) in [5.41, 5.74) is 10.1. The minimum Gasteiger partial charge on any atom is -0.444 e. The van der Waals surface area contributed by atoms with Crippen molar-refractivity contribution in [1.29, 1.82) is 0 Å². The number of hydrogen-bond acceptors (Lipinski definition) is 3. The summed E-state index contributed by atoms with van der Waals surface area (Å²) in [4.78, 5) is 15.5. The molecule has 0 saturated carbocycles. The zero-order chi connectivity index (χ0) is 18.4. The lowest BCUT2D eigenvalue weighted by Gasteiger charge is -2.20. The summed E-state index contributed by atoms with van der Waals surface area (Å²) in [5, 5.41) is 2.92. The molecule has 0 spiro atoms. The number of carbonyl (C=O) groups excluding carboxylic acids is 1. The summed E-state index contributed by atoms with van der Waals surface area (Å²) in [6.07, 6.45) is 4.09. The molecule has 25 heavy (non-hydrogen) atoms. The van der Waals surface area contributed by atoms with Gasteiger partial charge in [-0.1, -0.05) is 31.2 Å². The third-order valence-electron chi connectivity index (χ3n) is 3.89. The van der Waals surface area contributed by atoms with Crippen molar-refractivity contribution >= 4 is 11.8 Å². The van der Waals surface area contributed by atoms with Crippen molar-refractivity contribution in [2.24, 2.45) is 5.73 Å². The van der Waals surface area contributed by atoms with E-state index in [0.29, 0.717) is 6.54 Å². The minimum atomic E-state index is -0.541. The molecule has 0 aliphatic heterocycles. The van der Waals surface area contributed by atoms with Crippen LogP contribution in [0.3, 0.4) is 0 Å². The van der Waals surface area contributed by atoms with Gasteiger partial charge >= 0.3 is 6.09 Å². The number of anilines is 1. The number of hydrogen-bond donors (Lipinski definition) is 3. The Morgan fingerprint density at radius 1 is 1.24 bits per heavy atom. The van der Waals surface area contributed by atoms with Crippen LogP contribution in [0.5, 0.6) is 0 Å². The van der Waals surface area contributed by atoms with Crippen molar-refractivity contribution in [3.05, 3.63) is 41.7 Å². The van der Waals surface area contributed by atoms with E-state index in [1.807, 2.05) is 27.0 Å². The fourth-order valence-electron chi connectivity index (χ4n) is 2.64. The minimum absolute atomic E-state index is 0.451. The average molecular weight is 343 g/mol. The Kier molecular flexibility index (Phi) is 6.26. The van der Waals surface area contributed by atoms with Gasteiger partial charge in [-0.15, -0.1) is 0 Å². The Labute approximate surface area is 150 Å². The molecule has 1 heterocycles. The normalized spacial score (nSPS) is 11.4. The molecule has 0 unspecified atom stereocenters. The standard InChI is InChI=1S/C20H29N3O2/c1-5-14-8-10-15(11-9-14)16-13-22-17(7-6-12-21)18(16)23-19(24)25-20(2,3)4/h8-11,13,22H,5-7,12,21H2,1-4H3,(H,23,24). The average Bonchev–Trinajstić information content (AvgIpc) is 2.93. The SMILES string of the molecule is CCc1ccc(-c2c[nH]c(CCCN)c2NC(=O)OC(C)(C)C)cc1. The van der Waals surface area contributed by atoms with Crippen molar-refractivity contribution in [2.75, 3.05) is 11.9 Å². The molecule has 0 aliphatic rings. The Bertz CT molecular complexity index is 697. The Morgan fingerprint density at radius 2 is 1.92 bits per heavy atom. The van der Waals surface area contributed by atoms with Crippen LogP contribution in [0.2, 0.25) is 0 Å². The molecule has 2 aromatic rings. The molecule has 5 nitrogen and oxygen atoms in total. The number of rotatable bonds is 6. The molecule has 4 N–H and O–H groups in total. The van der Waals surface area contributed by atoms with Gasteiger partial charge in [-0.2, -0.15) is 0 Å². The third-order valence-corrected chi connectivity index (χ3v) is 3.89. The molecule has 0 aliphatic carbocycles. The third kappa shape index (κ3) is 5.36. The molecule has 5 heteroatoms. The summed E-state index contributed by atoms with van der Waals surface area (Å²) >= 11 is 0. The van der Waals surface area contributed by atoms with Crippen LogP contribution in [0, 0.1) is 0 Å². The second-order valence-corrected chi connectivity index (χ2v) is 7.13. The summed E-state index contributed by atoms with van der Waals surface area (Å²) in [5.74, 6) is 0. The van der Waals surface area contributed by atoms with Crippen LogP contribution in [-0.2, 0) is 17.6 Å². The molecule has 2 rings (SSSR count). The first-order valence-electron chi connectivity index (χ1n) is 8.83. The van der Waals surface area contributed by atoms with Gasteiger partial charge in [0.2, 0.25) is 0 Å². The molecule has 0 radical (unpaired) electrons. The lowest BCUT2D eigenvalue weighted by Crippen LogP contribution is -2.27. The lowest BCUT2D eigenvalue weighted by atomic mass is 10.0. The van der Waals surface area contributed by atoms with Gasteiger partial charge < -0.3 is 15.5 Å². The summed E-state index contributed by atoms with van der Waals surface area (Å²) in [7, 11) is 0. The second kappa shape index (κ2) is 8.21. The largest absolute Gasteiger partial charge is 0.444 e. The van der Waals surface area contributed by atoms with E-state index in [1.54, 1.807) is 0 Å². The van der Waals surface area contributed by atoms with Gasteiger partial charge in [-0.05, 0) is 57.7 Å². The van der Waals surface area contributed by atoms with Crippen molar-refractivity contribution in [2.45, 2.75) is 52.6 Å². The van der Waals surface area contributed by atoms with Gasteiger partial charge in [0.15, 0.2) is 0 Å². The maximum atomic E-state index is 12.3. The number of aryl methyl sites for hydroxylation is 2. The number of amides is 1. The van der Waals surface area contributed by atoms with Crippen LogP contribution >= 0.6 is 0 Å². The van der Waals surface area contributed by atoms with Crippen molar-refractivity contribution in [3.63, 3.8) is 0 Å². The van der Waals surface area contributed by atoms with Crippen molar-refractivity contribution in [1.82, 2.24) is 4.98 Å². The number of H-pyrrole nitrogens is 1. The number of ether oxygens (including phenoxy) is 1. The van der Waals surface area contributed by atoms with Crippen molar-refractivity contribution < 1.29 is 9.53 Å². The number of aromatic nitrogens is 1. The van der Waals surface area contributed by atoms with E-state index in [4.69, 9.17) is 10.5 Å². The first kappa shape index (κ1) is 19.1. The van der Waals surface area contributed by atoms with E-state index in [0.717, 1.165) is 41.8 Å². The molecular weight excluding hydrogens is 314 g/mol. The predicted molar refractivity (Wildman–Crippen MR) is 103 cm³/mol. The van der Waals surface area contributed by atoms with Crippen molar-refractivity contribution in [3.8, 4) is 11.1 Å². The number of benzene rings is 1. The van der Waals surface area contributed by atoms with Gasteiger partial charge in [0, 0.05) is 17.5 Å². The fraction of sp³-hybridized carbons (Fsp3) is 0.450. The van der Waals surface area contributed by atoms with E-state index < -0.39 is 11.7 Å². The van der Waals surface area contributed by atoms with E-state index >= 15 is 0 Å². The maximum absolute atomic E-state index is 12.3. The zero-order valence-electron chi connectivity index (χ0n) is 15.6. The van der Waals surface area contributed by atoms with Crippen LogP contribution in [0.1, 0.15) is 45.4 Å². The first-order valence-corrected chi connectivity index (χ1v) is 8.83. The van der Waals surface area contributed by atoms with Gasteiger partial charge in [-0.3, -0.25) is 5.32 Å². The monoisotopic (exact) mass is 343 g/mol. The van der Waals surface area contributed by atoms with Crippen LogP contribution < -0.4 is 11.1 Å². The molecule has 0 atom stereocenters. The van der Waals surface area contributed by atoms with E-state index in [2.05, 4.69) is 41.5 Å². The number of carbonyl (C=O) groups is 1. The van der Waals surface area contributed by atoms with Crippen LogP contribution in [-0.4, -0.2) is 23.2 Å². The molecule has 1 amide bonds. The molecule has 136 valence electrons. The molecular formula is C20H29N3O2. The Balaban J connectivity index is 2.32. The summed E-state index contributed by atoms with van der Waals surface area (Å²) < 4.78 is 5.41. The highest BCUT2D eigenvalue weighted by Crippen LogP contribution is 2.32. The number of aromatic amines is 1. The van der Waals surface area contributed by atoms with Gasteiger partial charge in [0.25, 0.3) is 0 Å². The van der Waals surface area contributed by atoms with Gasteiger partial charge in [0.05, 0.1) is 5.69 Å². The lowest BCUT2D eigenvalue weighted by molar-refractivity contribution is 0.0636. The van der Waals surface area contributed by atoms with Gasteiger partial charge in [-0.25, -0.2) is 4.79 Å². The highest BCUT2D eigenvalue weighted by Gasteiger charge is 2.20. The van der Waals surface area contributed by atoms with E-state index in [9.17, 15) is 4.79 Å². The van der Waals surface area contributed by atoms with Crippen LogP contribution in [0.4, 0.5) is 10.5 Å². The summed E-state index contributed by atoms with van der Waals surface area (Å²) in [6.45, 7) is 8.29. The van der Waals surface area contributed by atoms with E-state index in [1.165, 1.54) is 5.56 Å². The maximum Gasteiger partial charge on any atom is 0.412 e. The van der Waals surface area contributed by atoms with Crippen LogP contribution in [0.25, 0.3) is 11.1 Å². The predicted octanol–water partition coefficient (Wildman–Crippen LogP) is 4.48. The number of nitrogens with one attached hydrogen (secondary N) is 2. The molecule has 1 aromatic carbocycles. The fourth-order valence-corrected chi connectivity index (χ4v) is 2.64. The smallest absolute Gasteiger partial charge is 0.412 e. The first-order chi connectivity index (χ1) is 11.8. The Morgan fingerprint density at radius 3 is 2.48 bits per heavy atom. The van der Waals surface area contributed by atoms with Crippen LogP contribution in [0.15, 0.2) is 30.5 Å². The summed E-state index contributed by atoms with van der Waals surface area (Å²) in [6, 6.07) is 8.38. The van der Waals surface area contributed by atoms with E-state index in [-0.39, 0.29) is 0 Å². The molecule has 1 aromatic heterocycles. The molecule has 0 saturated heterocycles. The quantitative estimate of drug-likeness (QED) is 0.723.